The quantitative estimate of drug-likeness (QED) is 0.411. The van der Waals surface area contributed by atoms with E-state index in [1.807, 2.05) is 4.90 Å². The van der Waals surface area contributed by atoms with E-state index in [0.717, 1.165) is 12.1 Å². The van der Waals surface area contributed by atoms with Gasteiger partial charge in [0.2, 0.25) is 24.4 Å². The van der Waals surface area contributed by atoms with Crippen molar-refractivity contribution in [3.8, 4) is 22.9 Å². The lowest BCUT2D eigenvalue weighted by Crippen LogP contribution is -2.48. The van der Waals surface area contributed by atoms with Crippen LogP contribution in [-0.2, 0) is 20.6 Å². The van der Waals surface area contributed by atoms with E-state index >= 15 is 0 Å². The van der Waals surface area contributed by atoms with Crippen LogP contribution in [0.25, 0.3) is 11.4 Å². The number of amides is 1. The molecule has 3 heterocycles. The standard InChI is InChI=1S/C21H17F3N4O4.C2H2O4/c22-21(23,24)14-3-1-2-12(6-14)19-26-20(32-27-19)13-8-28(9-13)10-18(29)25-15-4-5-16-17(7-15)31-11-30-16;3-1(4)2(5)6/h1-7,13H,8-11H2,(H,25,29);(H,3,4)(H,5,6). The Bertz CT molecular complexity index is 1340. The van der Waals surface area contributed by atoms with Crippen molar-refractivity contribution in [2.24, 2.45) is 0 Å². The number of anilines is 1. The zero-order chi connectivity index (χ0) is 27.4. The number of aliphatic carboxylic acids is 2. The Morgan fingerprint density at radius 3 is 2.42 bits per heavy atom. The van der Waals surface area contributed by atoms with Crippen LogP contribution in [0.2, 0.25) is 0 Å². The van der Waals surface area contributed by atoms with Gasteiger partial charge in [-0.15, -0.1) is 0 Å². The highest BCUT2D eigenvalue weighted by atomic mass is 19.4. The molecule has 1 aromatic heterocycles. The third-order valence-corrected chi connectivity index (χ3v) is 5.40. The maximum absolute atomic E-state index is 12.9. The number of carbonyl (C=O) groups is 3. The fraction of sp³-hybridized carbons (Fsp3) is 0.261. The summed E-state index contributed by atoms with van der Waals surface area (Å²) in [5, 5.41) is 21.4. The van der Waals surface area contributed by atoms with Crippen LogP contribution in [0.4, 0.5) is 18.9 Å². The highest BCUT2D eigenvalue weighted by molar-refractivity contribution is 6.27. The van der Waals surface area contributed by atoms with Crippen molar-refractivity contribution in [1.82, 2.24) is 15.0 Å². The number of carboxylic acid groups (broad SMARTS) is 2. The molecule has 2 aliphatic heterocycles. The lowest BCUT2D eigenvalue weighted by molar-refractivity contribution is -0.159. The van der Waals surface area contributed by atoms with Gasteiger partial charge < -0.3 is 29.5 Å². The second kappa shape index (κ2) is 10.8. The molecule has 5 rings (SSSR count). The highest BCUT2D eigenvalue weighted by Crippen LogP contribution is 2.35. The molecular weight excluding hydrogens is 517 g/mol. The number of hydrogen-bond acceptors (Lipinski definition) is 9. The number of benzene rings is 2. The minimum absolute atomic E-state index is 0.0830. The number of nitrogens with zero attached hydrogens (tertiary/aromatic N) is 3. The first-order chi connectivity index (χ1) is 18.0. The molecular formula is C23H19F3N4O8. The van der Waals surface area contributed by atoms with Crippen LogP contribution >= 0.6 is 0 Å². The van der Waals surface area contributed by atoms with Crippen molar-refractivity contribution in [2.75, 3.05) is 31.7 Å². The summed E-state index contributed by atoms with van der Waals surface area (Å²) in [5.74, 6) is -2.25. The molecule has 0 radical (unpaired) electrons. The zero-order valence-corrected chi connectivity index (χ0v) is 19.3. The SMILES string of the molecule is O=C(CN1CC(c2nc(-c3cccc(C(F)(F)F)c3)no2)C1)Nc1ccc2c(c1)OCO2.O=C(O)C(=O)O. The van der Waals surface area contributed by atoms with E-state index in [9.17, 15) is 18.0 Å². The third kappa shape index (κ3) is 6.36. The van der Waals surface area contributed by atoms with Crippen molar-refractivity contribution in [3.63, 3.8) is 0 Å². The normalized spacial score (nSPS) is 14.7. The summed E-state index contributed by atoms with van der Waals surface area (Å²) in [6.45, 7) is 1.39. The van der Waals surface area contributed by atoms with E-state index in [1.165, 1.54) is 12.1 Å². The summed E-state index contributed by atoms with van der Waals surface area (Å²) in [4.78, 5) is 36.6. The maximum atomic E-state index is 12.9. The Balaban J connectivity index is 0.000000505. The molecule has 0 saturated carbocycles. The predicted molar refractivity (Wildman–Crippen MR) is 120 cm³/mol. The summed E-state index contributed by atoms with van der Waals surface area (Å²) in [5.41, 5.74) is 0.0673. The molecule has 1 fully saturated rings. The number of ether oxygens (including phenoxy) is 2. The monoisotopic (exact) mass is 536 g/mol. The molecule has 1 saturated heterocycles. The first-order valence-electron chi connectivity index (χ1n) is 10.9. The van der Waals surface area contributed by atoms with Crippen LogP contribution in [0.5, 0.6) is 11.5 Å². The predicted octanol–water partition coefficient (Wildman–Crippen LogP) is 2.68. The first-order valence-corrected chi connectivity index (χ1v) is 10.9. The largest absolute Gasteiger partial charge is 0.473 e. The number of alkyl halides is 3. The topological polar surface area (TPSA) is 164 Å². The number of hydrogen-bond donors (Lipinski definition) is 3. The van der Waals surface area contributed by atoms with Gasteiger partial charge in [-0.05, 0) is 24.3 Å². The number of carboxylic acids is 2. The van der Waals surface area contributed by atoms with E-state index in [0.29, 0.717) is 36.2 Å². The van der Waals surface area contributed by atoms with Crippen molar-refractivity contribution in [3.05, 3.63) is 53.9 Å². The molecule has 3 aromatic rings. The van der Waals surface area contributed by atoms with E-state index < -0.39 is 23.7 Å². The fourth-order valence-electron chi connectivity index (χ4n) is 3.59. The Hall–Kier alpha value is -4.66. The molecule has 0 bridgehead atoms. The van der Waals surface area contributed by atoms with Gasteiger partial charge in [-0.3, -0.25) is 9.69 Å². The van der Waals surface area contributed by atoms with E-state index in [2.05, 4.69) is 15.5 Å². The van der Waals surface area contributed by atoms with Crippen molar-refractivity contribution < 1.29 is 51.8 Å². The molecule has 38 heavy (non-hydrogen) atoms. The van der Waals surface area contributed by atoms with Gasteiger partial charge in [0.05, 0.1) is 18.0 Å². The smallest absolute Gasteiger partial charge is 0.416 e. The second-order valence-corrected chi connectivity index (χ2v) is 8.15. The van der Waals surface area contributed by atoms with Gasteiger partial charge in [-0.2, -0.15) is 18.2 Å². The Kier molecular flexibility index (Phi) is 7.47. The molecule has 12 nitrogen and oxygen atoms in total. The van der Waals surface area contributed by atoms with E-state index in [-0.39, 0.29) is 36.6 Å². The van der Waals surface area contributed by atoms with Crippen molar-refractivity contribution >= 4 is 23.5 Å². The van der Waals surface area contributed by atoms with Crippen LogP contribution in [0, 0.1) is 0 Å². The number of nitrogens with one attached hydrogen (secondary N) is 1. The van der Waals surface area contributed by atoms with Crippen LogP contribution < -0.4 is 14.8 Å². The third-order valence-electron chi connectivity index (χ3n) is 5.40. The number of likely N-dealkylation sites (tertiary alicyclic amines) is 1. The Morgan fingerprint density at radius 1 is 1.03 bits per heavy atom. The Labute approximate surface area is 211 Å². The molecule has 0 aliphatic carbocycles. The van der Waals surface area contributed by atoms with Crippen LogP contribution in [-0.4, -0.2) is 69.5 Å². The van der Waals surface area contributed by atoms with Gasteiger partial charge >= 0.3 is 18.1 Å². The van der Waals surface area contributed by atoms with E-state index in [1.54, 1.807) is 18.2 Å². The summed E-state index contributed by atoms with van der Waals surface area (Å²) in [7, 11) is 0. The zero-order valence-electron chi connectivity index (χ0n) is 19.3. The first kappa shape index (κ1) is 26.4. The van der Waals surface area contributed by atoms with Gasteiger partial charge in [0, 0.05) is 30.4 Å². The van der Waals surface area contributed by atoms with Gasteiger partial charge in [-0.1, -0.05) is 17.3 Å². The summed E-state index contributed by atoms with van der Waals surface area (Å²) < 4.78 is 54.5. The number of fused-ring (bicyclic) bond motifs is 1. The molecule has 15 heteroatoms. The number of aromatic nitrogens is 2. The fourth-order valence-corrected chi connectivity index (χ4v) is 3.59. The minimum atomic E-state index is -4.45. The van der Waals surface area contributed by atoms with Gasteiger partial charge in [0.15, 0.2) is 11.5 Å². The van der Waals surface area contributed by atoms with Crippen LogP contribution in [0.3, 0.4) is 0 Å². The number of rotatable bonds is 5. The van der Waals surface area contributed by atoms with Gasteiger partial charge in [0.1, 0.15) is 0 Å². The highest BCUT2D eigenvalue weighted by Gasteiger charge is 2.34. The average Bonchev–Trinajstić information content (AvgIpc) is 3.50. The number of halogens is 3. The maximum Gasteiger partial charge on any atom is 0.416 e. The summed E-state index contributed by atoms with van der Waals surface area (Å²) in [6.07, 6.45) is -4.45. The van der Waals surface area contributed by atoms with Crippen LogP contribution in [0.15, 0.2) is 47.0 Å². The van der Waals surface area contributed by atoms with Crippen LogP contribution in [0.1, 0.15) is 17.4 Å². The molecule has 2 aliphatic rings. The molecule has 0 unspecified atom stereocenters. The van der Waals surface area contributed by atoms with E-state index in [4.69, 9.17) is 33.8 Å². The molecule has 0 atom stereocenters. The lowest BCUT2D eigenvalue weighted by Gasteiger charge is -2.36. The average molecular weight is 536 g/mol. The molecule has 200 valence electrons. The lowest BCUT2D eigenvalue weighted by atomic mass is 10.0. The summed E-state index contributed by atoms with van der Waals surface area (Å²) >= 11 is 0. The Morgan fingerprint density at radius 2 is 1.74 bits per heavy atom. The number of carbonyl (C=O) groups excluding carboxylic acids is 1. The second-order valence-electron chi connectivity index (χ2n) is 8.15. The molecule has 2 aromatic carbocycles. The molecule has 3 N–H and O–H groups in total. The van der Waals surface area contributed by atoms with Gasteiger partial charge in [-0.25, -0.2) is 9.59 Å². The van der Waals surface area contributed by atoms with Crippen molar-refractivity contribution in [1.29, 1.82) is 0 Å². The summed E-state index contributed by atoms with van der Waals surface area (Å²) in [6, 6.07) is 9.95. The minimum Gasteiger partial charge on any atom is -0.473 e. The van der Waals surface area contributed by atoms with Crippen molar-refractivity contribution in [2.45, 2.75) is 12.1 Å². The molecule has 0 spiro atoms. The van der Waals surface area contributed by atoms with Gasteiger partial charge in [0.25, 0.3) is 0 Å². The molecule has 1 amide bonds.